The first-order valence-electron chi connectivity index (χ1n) is 9.41. The highest BCUT2D eigenvalue weighted by molar-refractivity contribution is 6.03. The van der Waals surface area contributed by atoms with Gasteiger partial charge in [-0.25, -0.2) is 0 Å². The summed E-state index contributed by atoms with van der Waals surface area (Å²) >= 11 is 0. The van der Waals surface area contributed by atoms with E-state index in [1.165, 1.54) is 0 Å². The molecular formula is C23H27NO2. The third kappa shape index (κ3) is 5.03. The number of ether oxygens (including phenoxy) is 1. The van der Waals surface area contributed by atoms with Crippen LogP contribution in [0.3, 0.4) is 0 Å². The molecule has 2 aromatic rings. The van der Waals surface area contributed by atoms with Crippen LogP contribution in [-0.2, 0) is 10.3 Å². The van der Waals surface area contributed by atoms with Gasteiger partial charge in [-0.2, -0.15) is 5.26 Å². The Balaban J connectivity index is 2.36. The van der Waals surface area contributed by atoms with E-state index in [2.05, 4.69) is 13.0 Å². The quantitative estimate of drug-likeness (QED) is 0.388. The molecule has 0 amide bonds. The van der Waals surface area contributed by atoms with Crippen molar-refractivity contribution >= 4 is 5.78 Å². The largest absolute Gasteiger partial charge is 0.362 e. The predicted octanol–water partition coefficient (Wildman–Crippen LogP) is 5.67. The molecule has 1 atom stereocenters. The van der Waals surface area contributed by atoms with Gasteiger partial charge in [0, 0.05) is 25.0 Å². The number of rotatable bonds is 11. The van der Waals surface area contributed by atoms with Gasteiger partial charge < -0.3 is 4.74 Å². The maximum atomic E-state index is 13.5. The van der Waals surface area contributed by atoms with Gasteiger partial charge in [0.1, 0.15) is 0 Å². The van der Waals surface area contributed by atoms with Crippen LogP contribution in [0.1, 0.15) is 61.4 Å². The molecule has 0 radical (unpaired) electrons. The number of carbonyl (C=O) groups is 1. The lowest BCUT2D eigenvalue weighted by atomic mass is 9.82. The zero-order valence-electron chi connectivity index (χ0n) is 15.5. The molecule has 0 heterocycles. The third-order valence-corrected chi connectivity index (χ3v) is 4.58. The molecule has 1 unspecified atom stereocenters. The van der Waals surface area contributed by atoms with Crippen LogP contribution in [0.15, 0.2) is 60.7 Å². The maximum absolute atomic E-state index is 13.5. The van der Waals surface area contributed by atoms with Crippen LogP contribution < -0.4 is 0 Å². The van der Waals surface area contributed by atoms with Gasteiger partial charge in [0.05, 0.1) is 6.07 Å². The van der Waals surface area contributed by atoms with Crippen molar-refractivity contribution in [2.24, 2.45) is 0 Å². The number of hydrogen-bond donors (Lipinski definition) is 0. The fourth-order valence-corrected chi connectivity index (χ4v) is 3.15. The van der Waals surface area contributed by atoms with E-state index in [1.54, 1.807) is 0 Å². The van der Waals surface area contributed by atoms with Crippen LogP contribution >= 0.6 is 0 Å². The highest BCUT2D eigenvalue weighted by atomic mass is 16.5. The van der Waals surface area contributed by atoms with Crippen LogP contribution in [0, 0.1) is 11.3 Å². The Labute approximate surface area is 156 Å². The number of benzene rings is 2. The van der Waals surface area contributed by atoms with Gasteiger partial charge in [0.25, 0.3) is 0 Å². The molecule has 136 valence electrons. The third-order valence-electron chi connectivity index (χ3n) is 4.58. The molecule has 0 aliphatic carbocycles. The molecule has 2 aromatic carbocycles. The molecule has 26 heavy (non-hydrogen) atoms. The van der Waals surface area contributed by atoms with Crippen molar-refractivity contribution in [3.05, 3.63) is 71.8 Å². The summed E-state index contributed by atoms with van der Waals surface area (Å²) in [5.41, 5.74) is 0.326. The number of carbonyl (C=O) groups excluding carboxylic acids is 1. The predicted molar refractivity (Wildman–Crippen MR) is 104 cm³/mol. The molecule has 0 spiro atoms. The van der Waals surface area contributed by atoms with Gasteiger partial charge >= 0.3 is 0 Å². The van der Waals surface area contributed by atoms with E-state index in [9.17, 15) is 4.79 Å². The minimum atomic E-state index is -1.11. The van der Waals surface area contributed by atoms with Crippen LogP contribution in [0.25, 0.3) is 0 Å². The summed E-state index contributed by atoms with van der Waals surface area (Å²) in [7, 11) is 0. The zero-order chi connectivity index (χ0) is 18.7. The molecule has 2 rings (SSSR count). The Morgan fingerprint density at radius 1 is 1.00 bits per heavy atom. The smallest absolute Gasteiger partial charge is 0.199 e. The Bertz CT molecular complexity index is 706. The van der Waals surface area contributed by atoms with Crippen molar-refractivity contribution in [3.8, 4) is 6.07 Å². The van der Waals surface area contributed by atoms with Crippen molar-refractivity contribution in [1.29, 1.82) is 5.26 Å². The lowest BCUT2D eigenvalue weighted by Crippen LogP contribution is -2.39. The van der Waals surface area contributed by atoms with E-state index in [0.29, 0.717) is 18.6 Å². The second kappa shape index (κ2) is 10.5. The summed E-state index contributed by atoms with van der Waals surface area (Å²) in [6.07, 6.45) is 4.93. The first kappa shape index (κ1) is 19.9. The van der Waals surface area contributed by atoms with E-state index in [4.69, 9.17) is 10.00 Å². The second-order valence-electron chi connectivity index (χ2n) is 6.46. The van der Waals surface area contributed by atoms with Crippen LogP contribution in [0.4, 0.5) is 0 Å². The van der Waals surface area contributed by atoms with Crippen molar-refractivity contribution in [2.45, 2.75) is 51.0 Å². The van der Waals surface area contributed by atoms with Gasteiger partial charge in [-0.3, -0.25) is 4.79 Å². The Kier molecular flexibility index (Phi) is 8.05. The summed E-state index contributed by atoms with van der Waals surface area (Å²) in [4.78, 5) is 13.5. The average molecular weight is 349 g/mol. The molecule has 3 nitrogen and oxygen atoms in total. The number of nitriles is 1. The van der Waals surface area contributed by atoms with Gasteiger partial charge in [0.2, 0.25) is 0 Å². The molecule has 3 heteroatoms. The summed E-state index contributed by atoms with van der Waals surface area (Å²) in [5.74, 6) is -0.0740. The van der Waals surface area contributed by atoms with Crippen LogP contribution in [0.5, 0.6) is 0 Å². The molecule has 0 aliphatic rings. The maximum Gasteiger partial charge on any atom is 0.199 e. The molecule has 0 N–H and O–H groups in total. The Hall–Kier alpha value is -2.44. The SMILES string of the molecule is CCCCCCOC(CCC#N)(C(=O)c1ccccc1)c1ccccc1. The summed E-state index contributed by atoms with van der Waals surface area (Å²) < 4.78 is 6.28. The average Bonchev–Trinajstić information content (AvgIpc) is 2.71. The van der Waals surface area contributed by atoms with Crippen molar-refractivity contribution in [2.75, 3.05) is 6.61 Å². The van der Waals surface area contributed by atoms with Crippen molar-refractivity contribution in [1.82, 2.24) is 0 Å². The summed E-state index contributed by atoms with van der Waals surface area (Å²) in [6.45, 7) is 2.68. The first-order valence-corrected chi connectivity index (χ1v) is 9.41. The summed E-state index contributed by atoms with van der Waals surface area (Å²) in [6, 6.07) is 21.0. The van der Waals surface area contributed by atoms with Gasteiger partial charge in [0.15, 0.2) is 11.4 Å². The molecule has 0 fully saturated rings. The number of hydrogen-bond acceptors (Lipinski definition) is 3. The normalized spacial score (nSPS) is 12.9. The van der Waals surface area contributed by atoms with Crippen molar-refractivity contribution in [3.63, 3.8) is 0 Å². The highest BCUT2D eigenvalue weighted by Gasteiger charge is 2.41. The minimum absolute atomic E-state index is 0.0740. The molecule has 0 bridgehead atoms. The molecule has 0 aliphatic heterocycles. The number of Topliss-reactive ketones (excluding diaryl/α,β-unsaturated/α-hetero) is 1. The second-order valence-corrected chi connectivity index (χ2v) is 6.46. The monoisotopic (exact) mass is 349 g/mol. The number of nitrogens with zero attached hydrogens (tertiary/aromatic N) is 1. The van der Waals surface area contributed by atoms with Crippen molar-refractivity contribution < 1.29 is 9.53 Å². The Morgan fingerprint density at radius 3 is 2.27 bits per heavy atom. The lowest BCUT2D eigenvalue weighted by Gasteiger charge is -2.33. The minimum Gasteiger partial charge on any atom is -0.362 e. The fraction of sp³-hybridized carbons (Fsp3) is 0.391. The topological polar surface area (TPSA) is 50.1 Å². The van der Waals surface area contributed by atoms with E-state index < -0.39 is 5.60 Å². The van der Waals surface area contributed by atoms with E-state index >= 15 is 0 Å². The van der Waals surface area contributed by atoms with Gasteiger partial charge in [-0.1, -0.05) is 86.8 Å². The summed E-state index contributed by atoms with van der Waals surface area (Å²) in [5, 5.41) is 9.15. The zero-order valence-corrected chi connectivity index (χ0v) is 15.5. The van der Waals surface area contributed by atoms with Gasteiger partial charge in [-0.05, 0) is 12.0 Å². The highest BCUT2D eigenvalue weighted by Crippen LogP contribution is 2.35. The fourth-order valence-electron chi connectivity index (χ4n) is 3.15. The molecule has 0 aromatic heterocycles. The van der Waals surface area contributed by atoms with Gasteiger partial charge in [-0.15, -0.1) is 0 Å². The van der Waals surface area contributed by atoms with E-state index in [1.807, 2.05) is 60.7 Å². The van der Waals surface area contributed by atoms with E-state index in [0.717, 1.165) is 31.2 Å². The molecule has 0 saturated heterocycles. The molecule has 0 saturated carbocycles. The standard InChI is InChI=1S/C23H27NO2/c1-2-3-4-11-19-26-23(17-12-18-24,21-15-9-6-10-16-21)22(25)20-13-7-5-8-14-20/h5-10,13-16H,2-4,11-12,17,19H2,1H3. The lowest BCUT2D eigenvalue weighted by molar-refractivity contribution is -0.0354. The number of unbranched alkanes of at least 4 members (excludes halogenated alkanes) is 3. The van der Waals surface area contributed by atoms with Crippen LogP contribution in [0.2, 0.25) is 0 Å². The van der Waals surface area contributed by atoms with Crippen LogP contribution in [-0.4, -0.2) is 12.4 Å². The molecular weight excluding hydrogens is 322 g/mol. The Morgan fingerprint density at radius 2 is 1.65 bits per heavy atom. The first-order chi connectivity index (χ1) is 12.7. The number of ketones is 1. The van der Waals surface area contributed by atoms with E-state index in [-0.39, 0.29) is 12.2 Å².